The van der Waals surface area contributed by atoms with Crippen LogP contribution in [0.3, 0.4) is 0 Å². The summed E-state index contributed by atoms with van der Waals surface area (Å²) in [6.45, 7) is 3.09. The van der Waals surface area contributed by atoms with Crippen LogP contribution in [0.5, 0.6) is 0 Å². The fourth-order valence-electron chi connectivity index (χ4n) is 2.66. The van der Waals surface area contributed by atoms with E-state index in [2.05, 4.69) is 21.3 Å². The first-order valence-corrected chi connectivity index (χ1v) is 8.61. The van der Waals surface area contributed by atoms with Crippen LogP contribution in [0.15, 0.2) is 42.7 Å². The number of aromatic nitrogens is 2. The molecule has 2 heterocycles. The molecule has 146 valence electrons. The minimum atomic E-state index is -0.985. The Hall–Kier alpha value is -3.69. The van der Waals surface area contributed by atoms with Crippen LogP contribution in [0.2, 0.25) is 0 Å². The number of hydrogen-bond donors (Lipinski definition) is 3. The van der Waals surface area contributed by atoms with Crippen LogP contribution < -0.4 is 16.2 Å². The van der Waals surface area contributed by atoms with Gasteiger partial charge in [-0.2, -0.15) is 5.10 Å². The van der Waals surface area contributed by atoms with Gasteiger partial charge < -0.3 is 5.32 Å². The molecule has 0 saturated carbocycles. The molecule has 1 fully saturated rings. The quantitative estimate of drug-likeness (QED) is 0.507. The van der Waals surface area contributed by atoms with Gasteiger partial charge in [0.2, 0.25) is 5.91 Å². The molecule has 3 N–H and O–H groups in total. The van der Waals surface area contributed by atoms with Crippen molar-refractivity contribution in [2.45, 2.75) is 25.8 Å². The zero-order valence-corrected chi connectivity index (χ0v) is 15.4. The fourth-order valence-corrected chi connectivity index (χ4v) is 2.66. The van der Waals surface area contributed by atoms with Crippen molar-refractivity contribution in [2.75, 3.05) is 6.54 Å². The van der Waals surface area contributed by atoms with Gasteiger partial charge in [0.25, 0.3) is 11.8 Å². The van der Waals surface area contributed by atoms with Gasteiger partial charge in [0.1, 0.15) is 5.54 Å². The van der Waals surface area contributed by atoms with Crippen molar-refractivity contribution in [1.82, 2.24) is 30.8 Å². The molecular weight excluding hydrogens is 364 g/mol. The van der Waals surface area contributed by atoms with Crippen LogP contribution in [0.1, 0.15) is 30.6 Å². The molecule has 1 aromatic heterocycles. The van der Waals surface area contributed by atoms with Crippen molar-refractivity contribution in [3.8, 4) is 5.69 Å². The van der Waals surface area contributed by atoms with Crippen molar-refractivity contribution < 1.29 is 19.2 Å². The molecule has 0 bridgehead atoms. The van der Waals surface area contributed by atoms with Crippen LogP contribution in [0.25, 0.3) is 5.69 Å². The van der Waals surface area contributed by atoms with E-state index in [1.165, 1.54) is 17.1 Å². The van der Waals surface area contributed by atoms with Gasteiger partial charge in [0, 0.05) is 19.2 Å². The predicted octanol–water partition coefficient (Wildman–Crippen LogP) is 0.354. The number of carbonyl (C=O) groups excluding carboxylic acids is 4. The number of para-hydroxylation sites is 1. The summed E-state index contributed by atoms with van der Waals surface area (Å²) in [4.78, 5) is 48.9. The van der Waals surface area contributed by atoms with Crippen LogP contribution in [-0.2, 0) is 9.59 Å². The van der Waals surface area contributed by atoms with Gasteiger partial charge >= 0.3 is 6.03 Å². The molecule has 1 aromatic carbocycles. The average molecular weight is 384 g/mol. The van der Waals surface area contributed by atoms with E-state index in [4.69, 9.17) is 0 Å². The van der Waals surface area contributed by atoms with Crippen molar-refractivity contribution in [3.05, 3.63) is 48.3 Å². The van der Waals surface area contributed by atoms with Gasteiger partial charge in [-0.05, 0) is 26.0 Å². The number of hydrogen-bond acceptors (Lipinski definition) is 5. The first-order chi connectivity index (χ1) is 13.3. The molecule has 0 spiro atoms. The number of nitrogens with zero attached hydrogens (tertiary/aromatic N) is 3. The third kappa shape index (κ3) is 4.00. The number of imide groups is 1. The molecule has 10 heteroatoms. The topological polar surface area (TPSA) is 125 Å². The van der Waals surface area contributed by atoms with Crippen LogP contribution >= 0.6 is 0 Å². The Morgan fingerprint density at radius 3 is 2.50 bits per heavy atom. The summed E-state index contributed by atoms with van der Waals surface area (Å²) in [5.74, 6) is -1.47. The molecule has 0 aliphatic carbocycles. The van der Waals surface area contributed by atoms with Crippen molar-refractivity contribution >= 4 is 23.8 Å². The number of rotatable bonds is 5. The van der Waals surface area contributed by atoms with Crippen molar-refractivity contribution in [1.29, 1.82) is 0 Å². The van der Waals surface area contributed by atoms with Crippen molar-refractivity contribution in [3.63, 3.8) is 0 Å². The lowest BCUT2D eigenvalue weighted by Gasteiger charge is -2.15. The Bertz CT molecular complexity index is 921. The molecule has 1 aliphatic rings. The zero-order valence-electron chi connectivity index (χ0n) is 15.4. The second-order valence-corrected chi connectivity index (χ2v) is 6.77. The highest BCUT2D eigenvalue weighted by atomic mass is 16.2. The molecule has 0 radical (unpaired) electrons. The fraction of sp³-hybridized carbons (Fsp3) is 0.278. The molecule has 0 unspecified atom stereocenters. The van der Waals surface area contributed by atoms with E-state index in [0.29, 0.717) is 0 Å². The van der Waals surface area contributed by atoms with Gasteiger partial charge in [-0.3, -0.25) is 30.1 Å². The molecule has 10 nitrogen and oxygen atoms in total. The molecule has 28 heavy (non-hydrogen) atoms. The van der Waals surface area contributed by atoms with E-state index in [0.717, 1.165) is 10.6 Å². The lowest BCUT2D eigenvalue weighted by atomic mass is 10.1. The van der Waals surface area contributed by atoms with E-state index in [-0.39, 0.29) is 18.5 Å². The van der Waals surface area contributed by atoms with E-state index >= 15 is 0 Å². The smallest absolute Gasteiger partial charge is 0.324 e. The highest BCUT2D eigenvalue weighted by molar-refractivity contribution is 6.06. The summed E-state index contributed by atoms with van der Waals surface area (Å²) >= 11 is 0. The maximum absolute atomic E-state index is 12.1. The minimum absolute atomic E-state index is 0.0816. The van der Waals surface area contributed by atoms with E-state index < -0.39 is 29.3 Å². The van der Waals surface area contributed by atoms with Crippen LogP contribution in [-0.4, -0.2) is 50.5 Å². The summed E-state index contributed by atoms with van der Waals surface area (Å²) in [5.41, 5.74) is 4.61. The summed E-state index contributed by atoms with van der Waals surface area (Å²) in [5, 5.41) is 6.64. The number of amides is 5. The molecule has 1 saturated heterocycles. The SMILES string of the molecule is CC1(C)NC(=O)N(CCC(=O)NNC(=O)c2cnn(-c3ccccc3)c2)C1=O. The van der Waals surface area contributed by atoms with E-state index in [9.17, 15) is 19.2 Å². The molecule has 0 atom stereocenters. The number of nitrogens with one attached hydrogen (secondary N) is 3. The van der Waals surface area contributed by atoms with E-state index in [1.54, 1.807) is 13.8 Å². The summed E-state index contributed by atoms with van der Waals surface area (Å²) in [6.07, 6.45) is 2.77. The third-order valence-corrected chi connectivity index (χ3v) is 4.19. The third-order valence-electron chi connectivity index (χ3n) is 4.19. The second-order valence-electron chi connectivity index (χ2n) is 6.77. The Labute approximate surface area is 160 Å². The Kier molecular flexibility index (Phi) is 5.12. The molecule has 2 aromatic rings. The predicted molar refractivity (Wildman–Crippen MR) is 98.1 cm³/mol. The summed E-state index contributed by atoms with van der Waals surface area (Å²) in [6, 6.07) is 8.71. The zero-order chi connectivity index (χ0) is 20.3. The average Bonchev–Trinajstić information content (AvgIpc) is 3.23. The number of hydrazine groups is 1. The first kappa shape index (κ1) is 19.1. The molecular formula is C18H20N6O4. The molecule has 5 amide bonds. The van der Waals surface area contributed by atoms with Gasteiger partial charge in [-0.1, -0.05) is 18.2 Å². The first-order valence-electron chi connectivity index (χ1n) is 8.61. The number of urea groups is 1. The molecule has 3 rings (SSSR count). The van der Waals surface area contributed by atoms with Crippen LogP contribution in [0, 0.1) is 0 Å². The highest BCUT2D eigenvalue weighted by Gasteiger charge is 2.43. The van der Waals surface area contributed by atoms with Crippen molar-refractivity contribution in [2.24, 2.45) is 0 Å². The van der Waals surface area contributed by atoms with Crippen LogP contribution in [0.4, 0.5) is 4.79 Å². The Morgan fingerprint density at radius 2 is 1.86 bits per heavy atom. The lowest BCUT2D eigenvalue weighted by Crippen LogP contribution is -2.44. The second kappa shape index (κ2) is 7.51. The number of benzene rings is 1. The lowest BCUT2D eigenvalue weighted by molar-refractivity contribution is -0.130. The minimum Gasteiger partial charge on any atom is -0.324 e. The van der Waals surface area contributed by atoms with Gasteiger partial charge in [0.05, 0.1) is 17.4 Å². The van der Waals surface area contributed by atoms with Gasteiger partial charge in [-0.25, -0.2) is 9.48 Å². The van der Waals surface area contributed by atoms with E-state index in [1.807, 2.05) is 30.3 Å². The monoisotopic (exact) mass is 384 g/mol. The largest absolute Gasteiger partial charge is 0.325 e. The maximum atomic E-state index is 12.1. The maximum Gasteiger partial charge on any atom is 0.325 e. The highest BCUT2D eigenvalue weighted by Crippen LogP contribution is 2.16. The van der Waals surface area contributed by atoms with Gasteiger partial charge in [0.15, 0.2) is 0 Å². The number of carbonyl (C=O) groups is 4. The van der Waals surface area contributed by atoms with Gasteiger partial charge in [-0.15, -0.1) is 0 Å². The summed E-state index contributed by atoms with van der Waals surface area (Å²) in [7, 11) is 0. The Balaban J connectivity index is 1.49. The standard InChI is InChI=1S/C18H20N6O4/c1-18(2)16(27)23(17(28)20-18)9-8-14(25)21-22-15(26)12-10-19-24(11-12)13-6-4-3-5-7-13/h3-7,10-11H,8-9H2,1-2H3,(H,20,28)(H,21,25)(H,22,26). The normalized spacial score (nSPS) is 15.3. The Morgan fingerprint density at radius 1 is 1.14 bits per heavy atom. The molecule has 1 aliphatic heterocycles. The summed E-state index contributed by atoms with van der Waals surface area (Å²) < 4.78 is 1.54.